The van der Waals surface area contributed by atoms with Crippen molar-refractivity contribution in [2.24, 2.45) is 0 Å². The molecule has 0 aliphatic carbocycles. The average Bonchev–Trinajstić information content (AvgIpc) is 2.98. The van der Waals surface area contributed by atoms with Crippen LogP contribution in [0.5, 0.6) is 5.75 Å². The van der Waals surface area contributed by atoms with Crippen LogP contribution in [0.3, 0.4) is 0 Å². The van der Waals surface area contributed by atoms with Crippen molar-refractivity contribution in [1.29, 1.82) is 0 Å². The summed E-state index contributed by atoms with van der Waals surface area (Å²) in [6, 6.07) is 7.57. The van der Waals surface area contributed by atoms with Gasteiger partial charge in [0, 0.05) is 18.1 Å². The number of hydrogen-bond acceptors (Lipinski definition) is 5. The lowest BCUT2D eigenvalue weighted by Crippen LogP contribution is -2.28. The molecule has 0 saturated carbocycles. The van der Waals surface area contributed by atoms with E-state index in [-0.39, 0.29) is 0 Å². The minimum absolute atomic E-state index is 0.504. The Balaban J connectivity index is 2.13. The molecule has 0 amide bonds. The third-order valence-electron chi connectivity index (χ3n) is 3.34. The number of rotatable bonds is 7. The number of ether oxygens (including phenoxy) is 2. The number of aromatic nitrogens is 1. The van der Waals surface area contributed by atoms with Crippen molar-refractivity contribution in [3.05, 3.63) is 35.3 Å². The van der Waals surface area contributed by atoms with Crippen molar-refractivity contribution >= 4 is 17.3 Å². The topological polar surface area (TPSA) is 68.7 Å². The van der Waals surface area contributed by atoms with Gasteiger partial charge in [0.05, 0.1) is 12.3 Å². The summed E-state index contributed by atoms with van der Waals surface area (Å²) in [4.78, 5) is 15.7. The van der Waals surface area contributed by atoms with Gasteiger partial charge in [0.15, 0.2) is 0 Å². The predicted octanol–water partition coefficient (Wildman–Crippen LogP) is 3.20. The molecule has 1 heterocycles. The second-order valence-electron chi connectivity index (χ2n) is 5.33. The van der Waals surface area contributed by atoms with E-state index in [1.165, 1.54) is 11.3 Å². The van der Waals surface area contributed by atoms with E-state index in [0.717, 1.165) is 16.3 Å². The predicted molar refractivity (Wildman–Crippen MR) is 85.6 cm³/mol. The van der Waals surface area contributed by atoms with Crippen LogP contribution >= 0.6 is 11.3 Å². The summed E-state index contributed by atoms with van der Waals surface area (Å²) in [5.74, 6) is -0.116. The number of aliphatic carboxylic acids is 1. The molecular weight excluding hydrogens is 302 g/mol. The van der Waals surface area contributed by atoms with Crippen LogP contribution in [0.4, 0.5) is 0 Å². The van der Waals surface area contributed by atoms with Crippen molar-refractivity contribution in [3.8, 4) is 16.3 Å². The van der Waals surface area contributed by atoms with Gasteiger partial charge in [-0.1, -0.05) is 0 Å². The molecule has 0 atom stereocenters. The van der Waals surface area contributed by atoms with Crippen molar-refractivity contribution in [2.75, 3.05) is 20.3 Å². The fourth-order valence-corrected chi connectivity index (χ4v) is 2.73. The van der Waals surface area contributed by atoms with E-state index in [9.17, 15) is 9.90 Å². The average molecular weight is 321 g/mol. The van der Waals surface area contributed by atoms with E-state index < -0.39 is 11.4 Å². The van der Waals surface area contributed by atoms with Crippen molar-refractivity contribution in [2.45, 2.75) is 19.3 Å². The molecule has 1 aromatic carbocycles. The Morgan fingerprint density at radius 3 is 2.55 bits per heavy atom. The van der Waals surface area contributed by atoms with E-state index in [1.807, 2.05) is 24.3 Å². The summed E-state index contributed by atoms with van der Waals surface area (Å²) in [6.45, 7) is 4.35. The van der Waals surface area contributed by atoms with Gasteiger partial charge in [-0.2, -0.15) is 0 Å². The highest BCUT2D eigenvalue weighted by molar-refractivity contribution is 7.13. The van der Waals surface area contributed by atoms with E-state index in [4.69, 9.17) is 9.47 Å². The fraction of sp³-hybridized carbons (Fsp3) is 0.375. The van der Waals surface area contributed by atoms with Gasteiger partial charge in [0.2, 0.25) is 0 Å². The molecule has 2 rings (SSSR count). The maximum Gasteiger partial charge on any atom is 0.315 e. The summed E-state index contributed by atoms with van der Waals surface area (Å²) in [6.07, 6.45) is 0. The fourth-order valence-electron chi connectivity index (χ4n) is 1.74. The molecular formula is C16H19NO4S. The smallest absolute Gasteiger partial charge is 0.315 e. The quantitative estimate of drug-likeness (QED) is 0.793. The van der Waals surface area contributed by atoms with Crippen LogP contribution in [0.15, 0.2) is 29.6 Å². The van der Waals surface area contributed by atoms with E-state index >= 15 is 0 Å². The number of nitrogens with zero attached hydrogens (tertiary/aromatic N) is 1. The van der Waals surface area contributed by atoms with Gasteiger partial charge in [0.1, 0.15) is 22.8 Å². The van der Waals surface area contributed by atoms with Crippen molar-refractivity contribution < 1.29 is 19.4 Å². The molecule has 0 bridgehead atoms. The first-order chi connectivity index (χ1) is 10.4. The monoisotopic (exact) mass is 321 g/mol. The molecule has 1 aromatic heterocycles. The highest BCUT2D eigenvalue weighted by atomic mass is 32.1. The largest absolute Gasteiger partial charge is 0.491 e. The number of carboxylic acids is 1. The zero-order valence-corrected chi connectivity index (χ0v) is 13.6. The normalized spacial score (nSPS) is 11.4. The Kier molecular flexibility index (Phi) is 5.15. The molecule has 22 heavy (non-hydrogen) atoms. The van der Waals surface area contributed by atoms with Crippen LogP contribution < -0.4 is 4.74 Å². The molecule has 0 aliphatic heterocycles. The Morgan fingerprint density at radius 2 is 1.95 bits per heavy atom. The summed E-state index contributed by atoms with van der Waals surface area (Å²) in [7, 11) is 1.63. The summed E-state index contributed by atoms with van der Waals surface area (Å²) in [5, 5.41) is 11.8. The molecule has 2 aromatic rings. The number of methoxy groups -OCH3 is 1. The molecule has 0 radical (unpaired) electrons. The maximum atomic E-state index is 11.3. The standard InChI is InChI=1S/C16H19NO4S/c1-16(2,15(18)19)13-10-22-14(17-13)11-4-6-12(7-5-11)21-9-8-20-3/h4-7,10H,8-9H2,1-3H3,(H,18,19). The lowest BCUT2D eigenvalue weighted by atomic mass is 9.90. The van der Waals surface area contributed by atoms with Crippen LogP contribution in [0.25, 0.3) is 10.6 Å². The molecule has 5 nitrogen and oxygen atoms in total. The van der Waals surface area contributed by atoms with Crippen molar-refractivity contribution in [1.82, 2.24) is 4.98 Å². The van der Waals surface area contributed by atoms with Crippen LogP contribution in [0.2, 0.25) is 0 Å². The van der Waals surface area contributed by atoms with Gasteiger partial charge in [-0.25, -0.2) is 4.98 Å². The molecule has 0 saturated heterocycles. The van der Waals surface area contributed by atoms with Crippen LogP contribution in [-0.4, -0.2) is 36.4 Å². The number of carbonyl (C=O) groups is 1. The second-order valence-corrected chi connectivity index (χ2v) is 6.19. The van der Waals surface area contributed by atoms with E-state index in [0.29, 0.717) is 18.9 Å². The molecule has 0 unspecified atom stereocenters. The first-order valence-electron chi connectivity index (χ1n) is 6.86. The van der Waals surface area contributed by atoms with Crippen LogP contribution in [0, 0.1) is 0 Å². The third-order valence-corrected chi connectivity index (χ3v) is 4.23. The minimum Gasteiger partial charge on any atom is -0.491 e. The number of carboxylic acid groups (broad SMARTS) is 1. The third kappa shape index (κ3) is 3.64. The lowest BCUT2D eigenvalue weighted by molar-refractivity contribution is -0.142. The molecule has 0 spiro atoms. The van der Waals surface area contributed by atoms with Gasteiger partial charge in [-0.3, -0.25) is 4.79 Å². The summed E-state index contributed by atoms with van der Waals surface area (Å²) >= 11 is 1.44. The van der Waals surface area contributed by atoms with E-state index in [2.05, 4.69) is 4.98 Å². The Hall–Kier alpha value is -1.92. The van der Waals surface area contributed by atoms with Gasteiger partial charge in [-0.05, 0) is 38.1 Å². The van der Waals surface area contributed by atoms with Gasteiger partial charge >= 0.3 is 5.97 Å². The summed E-state index contributed by atoms with van der Waals surface area (Å²) in [5.41, 5.74) is 0.523. The molecule has 0 fully saturated rings. The zero-order valence-electron chi connectivity index (χ0n) is 12.8. The SMILES string of the molecule is COCCOc1ccc(-c2nc(C(C)(C)C(=O)O)cs2)cc1. The molecule has 118 valence electrons. The molecule has 0 aliphatic rings. The highest BCUT2D eigenvalue weighted by Crippen LogP contribution is 2.31. The molecule has 1 N–H and O–H groups in total. The zero-order chi connectivity index (χ0) is 16.2. The number of thiazole rings is 1. The first kappa shape index (κ1) is 16.5. The van der Waals surface area contributed by atoms with Crippen LogP contribution in [-0.2, 0) is 14.9 Å². The minimum atomic E-state index is -0.988. The maximum absolute atomic E-state index is 11.3. The second kappa shape index (κ2) is 6.89. The Bertz CT molecular complexity index is 634. The van der Waals surface area contributed by atoms with Gasteiger partial charge in [-0.15, -0.1) is 11.3 Å². The number of benzene rings is 1. The van der Waals surface area contributed by atoms with Crippen molar-refractivity contribution in [3.63, 3.8) is 0 Å². The van der Waals surface area contributed by atoms with Gasteiger partial charge < -0.3 is 14.6 Å². The van der Waals surface area contributed by atoms with Gasteiger partial charge in [0.25, 0.3) is 0 Å². The first-order valence-corrected chi connectivity index (χ1v) is 7.74. The Labute approximate surface area is 133 Å². The van der Waals surface area contributed by atoms with E-state index in [1.54, 1.807) is 26.3 Å². The highest BCUT2D eigenvalue weighted by Gasteiger charge is 2.32. The number of hydrogen-bond donors (Lipinski definition) is 1. The van der Waals surface area contributed by atoms with Crippen LogP contribution in [0.1, 0.15) is 19.5 Å². The summed E-state index contributed by atoms with van der Waals surface area (Å²) < 4.78 is 10.4. The molecule has 6 heteroatoms. The lowest BCUT2D eigenvalue weighted by Gasteiger charge is -2.15. The Morgan fingerprint density at radius 1 is 1.27 bits per heavy atom.